The lowest BCUT2D eigenvalue weighted by Gasteiger charge is -2.08. The molecule has 7 heteroatoms. The Bertz CT molecular complexity index is 530. The van der Waals surface area contributed by atoms with Gasteiger partial charge >= 0.3 is 0 Å². The Morgan fingerprint density at radius 2 is 2.16 bits per heavy atom. The van der Waals surface area contributed by atoms with Gasteiger partial charge in [0.15, 0.2) is 0 Å². The second-order valence-corrected chi connectivity index (χ2v) is 6.20. The molecule has 0 aromatic heterocycles. The van der Waals surface area contributed by atoms with Crippen molar-refractivity contribution < 1.29 is 13.2 Å². The van der Waals surface area contributed by atoms with Gasteiger partial charge in [-0.15, -0.1) is 0 Å². The summed E-state index contributed by atoms with van der Waals surface area (Å²) >= 11 is 4.83. The zero-order valence-electron chi connectivity index (χ0n) is 10.8. The van der Waals surface area contributed by atoms with Gasteiger partial charge in [0.05, 0.1) is 4.90 Å². The van der Waals surface area contributed by atoms with Crippen molar-refractivity contribution in [2.24, 2.45) is 5.73 Å². The van der Waals surface area contributed by atoms with E-state index in [-0.39, 0.29) is 9.88 Å². The fourth-order valence-electron chi connectivity index (χ4n) is 1.48. The number of benzene rings is 1. The summed E-state index contributed by atoms with van der Waals surface area (Å²) in [4.78, 5) is 0.349. The molecule has 0 atom stereocenters. The lowest BCUT2D eigenvalue weighted by molar-refractivity contribution is 0.193. The van der Waals surface area contributed by atoms with E-state index in [0.29, 0.717) is 18.7 Å². The van der Waals surface area contributed by atoms with Gasteiger partial charge < -0.3 is 10.5 Å². The maximum Gasteiger partial charge on any atom is 0.240 e. The van der Waals surface area contributed by atoms with Gasteiger partial charge in [0, 0.05) is 25.8 Å². The number of nitrogens with one attached hydrogen (secondary N) is 1. The average molecular weight is 302 g/mol. The first-order valence-corrected chi connectivity index (χ1v) is 7.75. The minimum Gasteiger partial charge on any atom is -0.389 e. The molecule has 0 aliphatic carbocycles. The summed E-state index contributed by atoms with van der Waals surface area (Å²) in [5.74, 6) is 0. The minimum absolute atomic E-state index is 0.171. The van der Waals surface area contributed by atoms with Crippen LogP contribution in [0.1, 0.15) is 18.4 Å². The van der Waals surface area contributed by atoms with Gasteiger partial charge in [-0.3, -0.25) is 0 Å². The largest absolute Gasteiger partial charge is 0.389 e. The van der Waals surface area contributed by atoms with Crippen LogP contribution in [-0.4, -0.2) is 33.7 Å². The summed E-state index contributed by atoms with van der Waals surface area (Å²) in [7, 11) is -1.89. The molecule has 0 radical (unpaired) electrons. The van der Waals surface area contributed by atoms with Crippen LogP contribution < -0.4 is 10.5 Å². The van der Waals surface area contributed by atoms with E-state index in [1.807, 2.05) is 0 Å². The molecule has 0 saturated carbocycles. The number of hydrogen-bond donors (Lipinski definition) is 2. The van der Waals surface area contributed by atoms with Crippen molar-refractivity contribution in [2.75, 3.05) is 20.3 Å². The lowest BCUT2D eigenvalue weighted by Crippen LogP contribution is -2.25. The highest BCUT2D eigenvalue weighted by Gasteiger charge is 2.13. The van der Waals surface area contributed by atoms with Crippen LogP contribution in [0, 0.1) is 0 Å². The van der Waals surface area contributed by atoms with E-state index in [0.717, 1.165) is 12.8 Å². The first-order chi connectivity index (χ1) is 8.97. The third kappa shape index (κ3) is 5.23. The van der Waals surface area contributed by atoms with Crippen LogP contribution in [0.25, 0.3) is 0 Å². The van der Waals surface area contributed by atoms with Crippen molar-refractivity contribution in [1.29, 1.82) is 0 Å². The fourth-order valence-corrected chi connectivity index (χ4v) is 2.72. The molecule has 1 aromatic rings. The van der Waals surface area contributed by atoms with Gasteiger partial charge in [0.25, 0.3) is 0 Å². The smallest absolute Gasteiger partial charge is 0.240 e. The maximum atomic E-state index is 12.0. The van der Waals surface area contributed by atoms with E-state index in [4.69, 9.17) is 22.7 Å². The van der Waals surface area contributed by atoms with E-state index in [2.05, 4.69) is 4.72 Å². The first kappa shape index (κ1) is 16.0. The number of nitrogens with two attached hydrogens (primary N) is 1. The molecule has 1 rings (SSSR count). The van der Waals surface area contributed by atoms with E-state index in [1.54, 1.807) is 19.2 Å². The summed E-state index contributed by atoms with van der Waals surface area (Å²) in [5.41, 5.74) is 6.02. The molecule has 0 aliphatic rings. The number of hydrogen-bond acceptors (Lipinski definition) is 4. The summed E-state index contributed by atoms with van der Waals surface area (Å²) in [6, 6.07) is 6.28. The van der Waals surface area contributed by atoms with Gasteiger partial charge in [-0.1, -0.05) is 24.4 Å². The molecule has 0 spiro atoms. The standard InChI is InChI=1S/C12H18N2O3S2/c1-17-8-3-2-7-14-19(15,16)11-6-4-5-10(9-11)12(13)18/h4-6,9,14H,2-3,7-8H2,1H3,(H2,13,18). The van der Waals surface area contributed by atoms with Crippen LogP contribution in [0.3, 0.4) is 0 Å². The molecule has 0 aliphatic heterocycles. The molecule has 0 fully saturated rings. The Morgan fingerprint density at radius 3 is 2.79 bits per heavy atom. The summed E-state index contributed by atoms with van der Waals surface area (Å²) in [6.07, 6.45) is 1.54. The molecular formula is C12H18N2O3S2. The molecule has 0 saturated heterocycles. The average Bonchev–Trinajstić information content (AvgIpc) is 2.38. The van der Waals surface area contributed by atoms with Crippen molar-refractivity contribution in [3.63, 3.8) is 0 Å². The van der Waals surface area contributed by atoms with Crippen LogP contribution in [0.5, 0.6) is 0 Å². The summed E-state index contributed by atoms with van der Waals surface area (Å²) in [5, 5.41) is 0. The number of ether oxygens (including phenoxy) is 1. The maximum absolute atomic E-state index is 12.0. The van der Waals surface area contributed by atoms with Crippen molar-refractivity contribution >= 4 is 27.2 Å². The Morgan fingerprint density at radius 1 is 1.42 bits per heavy atom. The highest BCUT2D eigenvalue weighted by Crippen LogP contribution is 2.11. The predicted octanol–water partition coefficient (Wildman–Crippen LogP) is 1.03. The van der Waals surface area contributed by atoms with E-state index < -0.39 is 10.0 Å². The Hall–Kier alpha value is -1.02. The monoisotopic (exact) mass is 302 g/mol. The molecule has 0 unspecified atom stereocenters. The molecule has 19 heavy (non-hydrogen) atoms. The molecule has 0 heterocycles. The molecule has 0 amide bonds. The van der Waals surface area contributed by atoms with Crippen molar-refractivity contribution in [3.05, 3.63) is 29.8 Å². The van der Waals surface area contributed by atoms with Gasteiger partial charge in [-0.25, -0.2) is 13.1 Å². The van der Waals surface area contributed by atoms with Gasteiger partial charge in [-0.2, -0.15) is 0 Å². The molecule has 5 nitrogen and oxygen atoms in total. The quantitative estimate of drug-likeness (QED) is 0.553. The molecular weight excluding hydrogens is 284 g/mol. The normalized spacial score (nSPS) is 11.4. The molecule has 1 aromatic carbocycles. The zero-order chi connectivity index (χ0) is 14.3. The number of thiocarbonyl (C=S) groups is 1. The number of unbranched alkanes of at least 4 members (excludes halogenated alkanes) is 1. The highest BCUT2D eigenvalue weighted by molar-refractivity contribution is 7.89. The Balaban J connectivity index is 2.66. The first-order valence-electron chi connectivity index (χ1n) is 5.86. The molecule has 3 N–H and O–H groups in total. The van der Waals surface area contributed by atoms with Crippen LogP contribution in [-0.2, 0) is 14.8 Å². The Labute approximate surface area is 119 Å². The highest BCUT2D eigenvalue weighted by atomic mass is 32.2. The topological polar surface area (TPSA) is 81.4 Å². The third-order valence-electron chi connectivity index (χ3n) is 2.50. The van der Waals surface area contributed by atoms with Crippen LogP contribution in [0.4, 0.5) is 0 Å². The van der Waals surface area contributed by atoms with Crippen LogP contribution in [0.15, 0.2) is 29.2 Å². The van der Waals surface area contributed by atoms with Gasteiger partial charge in [-0.05, 0) is 25.0 Å². The van der Waals surface area contributed by atoms with Crippen molar-refractivity contribution in [3.8, 4) is 0 Å². The van der Waals surface area contributed by atoms with E-state index in [9.17, 15) is 8.42 Å². The van der Waals surface area contributed by atoms with Gasteiger partial charge in [0.2, 0.25) is 10.0 Å². The minimum atomic E-state index is -3.51. The fraction of sp³-hybridized carbons (Fsp3) is 0.417. The zero-order valence-corrected chi connectivity index (χ0v) is 12.4. The molecule has 0 bridgehead atoms. The third-order valence-corrected chi connectivity index (χ3v) is 4.19. The summed E-state index contributed by atoms with van der Waals surface area (Å²) in [6.45, 7) is 1.00. The van der Waals surface area contributed by atoms with Crippen LogP contribution in [0.2, 0.25) is 0 Å². The molecule has 106 valence electrons. The van der Waals surface area contributed by atoms with E-state index >= 15 is 0 Å². The van der Waals surface area contributed by atoms with E-state index in [1.165, 1.54) is 12.1 Å². The number of rotatable bonds is 8. The second kappa shape index (κ2) is 7.54. The number of methoxy groups -OCH3 is 1. The van der Waals surface area contributed by atoms with Crippen LogP contribution >= 0.6 is 12.2 Å². The predicted molar refractivity (Wildman–Crippen MR) is 78.6 cm³/mol. The lowest BCUT2D eigenvalue weighted by atomic mass is 10.2. The Kier molecular flexibility index (Phi) is 6.36. The summed E-state index contributed by atoms with van der Waals surface area (Å²) < 4.78 is 31.5. The van der Waals surface area contributed by atoms with Crippen molar-refractivity contribution in [2.45, 2.75) is 17.7 Å². The SMILES string of the molecule is COCCCCNS(=O)(=O)c1cccc(C(N)=S)c1. The number of sulfonamides is 1. The van der Waals surface area contributed by atoms with Crippen molar-refractivity contribution in [1.82, 2.24) is 4.72 Å². The second-order valence-electron chi connectivity index (χ2n) is 3.99. The van der Waals surface area contributed by atoms with Gasteiger partial charge in [0.1, 0.15) is 4.99 Å².